The number of ketones is 1. The minimum absolute atomic E-state index is 0.0106. The van der Waals surface area contributed by atoms with Crippen molar-refractivity contribution in [1.29, 1.82) is 5.26 Å². The highest BCUT2D eigenvalue weighted by molar-refractivity contribution is 5.99. The number of rotatable bonds is 3. The highest BCUT2D eigenvalue weighted by Crippen LogP contribution is 2.44. The Hall–Kier alpha value is -3.59. The van der Waals surface area contributed by atoms with Crippen molar-refractivity contribution in [2.24, 2.45) is 5.73 Å². The summed E-state index contributed by atoms with van der Waals surface area (Å²) >= 11 is 0. The lowest BCUT2D eigenvalue weighted by molar-refractivity contribution is -0.116. The molecule has 0 saturated carbocycles. The van der Waals surface area contributed by atoms with Gasteiger partial charge in [0.05, 0.1) is 5.92 Å². The lowest BCUT2D eigenvalue weighted by Crippen LogP contribution is -2.27. The van der Waals surface area contributed by atoms with E-state index in [1.54, 1.807) is 30.3 Å². The number of nitrogens with two attached hydrogens (primary N) is 1. The number of ether oxygens (including phenoxy) is 2. The lowest BCUT2D eigenvalue weighted by Gasteiger charge is -2.31. The van der Waals surface area contributed by atoms with Crippen LogP contribution in [0.3, 0.4) is 0 Å². The fourth-order valence-corrected chi connectivity index (χ4v) is 3.58. The average Bonchev–Trinajstić information content (AvgIpc) is 2.70. The SMILES string of the molecule is N#CC1=C(N)OC2=C(C(=O)CCC2)[C@H]1c1ccc(F)c(Oc2ccccc2)c1. The fourth-order valence-electron chi connectivity index (χ4n) is 3.58. The van der Waals surface area contributed by atoms with Crippen molar-refractivity contribution < 1.29 is 18.7 Å². The molecule has 6 heteroatoms. The van der Waals surface area contributed by atoms with Crippen LogP contribution in [0.1, 0.15) is 30.7 Å². The van der Waals surface area contributed by atoms with Crippen LogP contribution in [0.5, 0.6) is 11.5 Å². The van der Waals surface area contributed by atoms with Gasteiger partial charge in [0.15, 0.2) is 17.3 Å². The van der Waals surface area contributed by atoms with Gasteiger partial charge in [0.2, 0.25) is 5.88 Å². The maximum absolute atomic E-state index is 14.4. The molecule has 0 radical (unpaired) electrons. The van der Waals surface area contributed by atoms with Crippen LogP contribution in [-0.2, 0) is 9.53 Å². The number of halogens is 1. The van der Waals surface area contributed by atoms with E-state index in [0.29, 0.717) is 41.9 Å². The number of hydrogen-bond donors (Lipinski definition) is 1. The quantitative estimate of drug-likeness (QED) is 0.856. The van der Waals surface area contributed by atoms with Gasteiger partial charge >= 0.3 is 0 Å². The second-order valence-corrected chi connectivity index (χ2v) is 6.64. The molecule has 0 bridgehead atoms. The van der Waals surface area contributed by atoms with Gasteiger partial charge in [-0.15, -0.1) is 0 Å². The smallest absolute Gasteiger partial charge is 0.205 e. The highest BCUT2D eigenvalue weighted by atomic mass is 19.1. The first kappa shape index (κ1) is 17.8. The zero-order valence-electron chi connectivity index (χ0n) is 14.9. The van der Waals surface area contributed by atoms with Crippen molar-refractivity contribution in [3.05, 3.63) is 82.7 Å². The van der Waals surface area contributed by atoms with Crippen LogP contribution in [0.25, 0.3) is 0 Å². The molecule has 0 unspecified atom stereocenters. The molecule has 1 aliphatic carbocycles. The van der Waals surface area contributed by atoms with Crippen molar-refractivity contribution >= 4 is 5.78 Å². The molecule has 28 heavy (non-hydrogen) atoms. The summed E-state index contributed by atoms with van der Waals surface area (Å²) < 4.78 is 25.6. The highest BCUT2D eigenvalue weighted by Gasteiger charge is 2.38. The number of hydrogen-bond acceptors (Lipinski definition) is 5. The monoisotopic (exact) mass is 376 g/mol. The second-order valence-electron chi connectivity index (χ2n) is 6.64. The van der Waals surface area contributed by atoms with Crippen molar-refractivity contribution in [2.75, 3.05) is 0 Å². The molecule has 5 nitrogen and oxygen atoms in total. The first-order valence-electron chi connectivity index (χ1n) is 8.94. The van der Waals surface area contributed by atoms with Gasteiger partial charge in [0.1, 0.15) is 23.2 Å². The van der Waals surface area contributed by atoms with E-state index in [1.807, 2.05) is 12.1 Å². The summed E-state index contributed by atoms with van der Waals surface area (Å²) in [5.74, 6) is -0.351. The molecule has 1 atom stereocenters. The number of Topliss-reactive ketones (excluding diaryl/α,β-unsaturated/α-hetero) is 1. The van der Waals surface area contributed by atoms with Gasteiger partial charge in [-0.05, 0) is 36.2 Å². The molecule has 1 heterocycles. The second kappa shape index (κ2) is 7.20. The molecule has 0 fully saturated rings. The first-order valence-corrected chi connectivity index (χ1v) is 8.94. The van der Waals surface area contributed by atoms with E-state index in [2.05, 4.69) is 0 Å². The number of carbonyl (C=O) groups excluding carboxylic acids is 1. The van der Waals surface area contributed by atoms with E-state index < -0.39 is 11.7 Å². The Kier molecular flexibility index (Phi) is 4.58. The van der Waals surface area contributed by atoms with Crippen LogP contribution >= 0.6 is 0 Å². The Balaban J connectivity index is 1.80. The van der Waals surface area contributed by atoms with Crippen LogP contribution < -0.4 is 10.5 Å². The fraction of sp³-hybridized carbons (Fsp3) is 0.182. The van der Waals surface area contributed by atoms with Gasteiger partial charge < -0.3 is 15.2 Å². The van der Waals surface area contributed by atoms with E-state index in [4.69, 9.17) is 15.2 Å². The van der Waals surface area contributed by atoms with Crippen LogP contribution in [0.4, 0.5) is 4.39 Å². The van der Waals surface area contributed by atoms with Crippen molar-refractivity contribution in [3.63, 3.8) is 0 Å². The molecule has 2 aromatic carbocycles. The standard InChI is InChI=1S/C22H17FN2O3/c23-16-10-9-13(11-19(16)27-14-5-2-1-3-6-14)20-15(12-24)22(25)28-18-8-4-7-17(26)21(18)20/h1-3,5-6,9-11,20H,4,7-8,25H2/t20-/m0/s1. The molecule has 2 aliphatic rings. The zero-order valence-corrected chi connectivity index (χ0v) is 14.9. The Labute approximate surface area is 161 Å². The number of nitriles is 1. The van der Waals surface area contributed by atoms with Crippen molar-refractivity contribution in [1.82, 2.24) is 0 Å². The molecule has 0 aromatic heterocycles. The molecule has 140 valence electrons. The van der Waals surface area contributed by atoms with E-state index in [-0.39, 0.29) is 23.0 Å². The summed E-state index contributed by atoms with van der Waals surface area (Å²) in [6.07, 6.45) is 1.63. The van der Waals surface area contributed by atoms with Gasteiger partial charge in [-0.2, -0.15) is 5.26 Å². The predicted molar refractivity (Wildman–Crippen MR) is 99.5 cm³/mol. The summed E-state index contributed by atoms with van der Waals surface area (Å²) in [6, 6.07) is 15.2. The predicted octanol–water partition coefficient (Wildman–Crippen LogP) is 4.43. The van der Waals surface area contributed by atoms with Gasteiger partial charge in [0.25, 0.3) is 0 Å². The van der Waals surface area contributed by atoms with E-state index in [9.17, 15) is 14.4 Å². The Morgan fingerprint density at radius 2 is 1.96 bits per heavy atom. The lowest BCUT2D eigenvalue weighted by atomic mass is 9.77. The Bertz CT molecular complexity index is 1050. The third-order valence-corrected chi connectivity index (χ3v) is 4.86. The molecule has 2 aromatic rings. The number of benzene rings is 2. The van der Waals surface area contributed by atoms with Crippen molar-refractivity contribution in [2.45, 2.75) is 25.2 Å². The van der Waals surface area contributed by atoms with Gasteiger partial charge in [0, 0.05) is 18.4 Å². The van der Waals surface area contributed by atoms with Crippen LogP contribution in [-0.4, -0.2) is 5.78 Å². The van der Waals surface area contributed by atoms with Gasteiger partial charge in [-0.3, -0.25) is 4.79 Å². The van der Waals surface area contributed by atoms with E-state index in [0.717, 1.165) is 0 Å². The number of para-hydroxylation sites is 1. The molecule has 4 rings (SSSR count). The molecule has 0 amide bonds. The average molecular weight is 376 g/mol. The topological polar surface area (TPSA) is 85.3 Å². The molecule has 0 spiro atoms. The Morgan fingerprint density at radius 3 is 2.71 bits per heavy atom. The summed E-state index contributed by atoms with van der Waals surface area (Å²) in [7, 11) is 0. The molecular weight excluding hydrogens is 359 g/mol. The molecular formula is C22H17FN2O3. The summed E-state index contributed by atoms with van der Waals surface area (Å²) in [6.45, 7) is 0. The maximum atomic E-state index is 14.4. The van der Waals surface area contributed by atoms with E-state index in [1.165, 1.54) is 12.1 Å². The minimum atomic E-state index is -0.694. The van der Waals surface area contributed by atoms with Gasteiger partial charge in [-0.25, -0.2) is 4.39 Å². The molecule has 2 N–H and O–H groups in total. The largest absolute Gasteiger partial charge is 0.454 e. The summed E-state index contributed by atoms with van der Waals surface area (Å²) in [5, 5.41) is 9.62. The van der Waals surface area contributed by atoms with Gasteiger partial charge in [-0.1, -0.05) is 24.3 Å². The summed E-state index contributed by atoms with van der Waals surface area (Å²) in [4.78, 5) is 12.6. The molecule has 1 aliphatic heterocycles. The first-order chi connectivity index (χ1) is 13.6. The van der Waals surface area contributed by atoms with Crippen LogP contribution in [0.15, 0.2) is 71.3 Å². The van der Waals surface area contributed by atoms with Crippen molar-refractivity contribution in [3.8, 4) is 17.6 Å². The zero-order chi connectivity index (χ0) is 19.7. The Morgan fingerprint density at radius 1 is 1.18 bits per heavy atom. The third kappa shape index (κ3) is 3.12. The normalized spacial score (nSPS) is 19.0. The third-order valence-electron chi connectivity index (χ3n) is 4.86. The summed E-state index contributed by atoms with van der Waals surface area (Å²) in [5.41, 5.74) is 7.07. The van der Waals surface area contributed by atoms with Crippen LogP contribution in [0.2, 0.25) is 0 Å². The minimum Gasteiger partial charge on any atom is -0.454 e. The maximum Gasteiger partial charge on any atom is 0.205 e. The number of carbonyl (C=O) groups is 1. The number of nitrogens with zero attached hydrogens (tertiary/aromatic N) is 1. The number of allylic oxidation sites excluding steroid dienone is 3. The molecule has 0 saturated heterocycles. The van der Waals surface area contributed by atoms with E-state index >= 15 is 0 Å². The van der Waals surface area contributed by atoms with Crippen LogP contribution in [0, 0.1) is 17.1 Å².